The highest BCUT2D eigenvalue weighted by atomic mass is 16.5. The van der Waals surface area contributed by atoms with Gasteiger partial charge in [0.05, 0.1) is 19.8 Å². The lowest BCUT2D eigenvalue weighted by molar-refractivity contribution is -0.151. The van der Waals surface area contributed by atoms with Crippen LogP contribution in [0.2, 0.25) is 0 Å². The molecule has 0 saturated heterocycles. The number of hydrogen-bond donors (Lipinski definition) is 1. The number of esters is 1. The number of rotatable bonds is 7. The van der Waals surface area contributed by atoms with E-state index >= 15 is 0 Å². The highest BCUT2D eigenvalue weighted by molar-refractivity contribution is 5.81. The lowest BCUT2D eigenvalue weighted by atomic mass is 9.78. The minimum Gasteiger partial charge on any atom is -0.468 e. The van der Waals surface area contributed by atoms with E-state index in [0.29, 0.717) is 6.04 Å². The second-order valence-electron chi connectivity index (χ2n) is 5.97. The van der Waals surface area contributed by atoms with Crippen LogP contribution in [0.4, 0.5) is 0 Å². The molecule has 5 heteroatoms. The van der Waals surface area contributed by atoms with Crippen LogP contribution in [0.1, 0.15) is 39.5 Å². The fraction of sp³-hybridized carbons (Fsp3) is 0.933. The van der Waals surface area contributed by atoms with E-state index in [1.165, 1.54) is 7.11 Å². The number of ether oxygens (including phenoxy) is 2. The van der Waals surface area contributed by atoms with E-state index < -0.39 is 5.54 Å². The van der Waals surface area contributed by atoms with Gasteiger partial charge in [-0.15, -0.1) is 0 Å². The number of hydrogen-bond acceptors (Lipinski definition) is 5. The molecule has 1 N–H and O–H groups in total. The van der Waals surface area contributed by atoms with Gasteiger partial charge in [0.1, 0.15) is 5.54 Å². The smallest absolute Gasteiger partial charge is 0.326 e. The van der Waals surface area contributed by atoms with Crippen molar-refractivity contribution in [2.75, 3.05) is 34.4 Å². The van der Waals surface area contributed by atoms with Crippen LogP contribution in [0.25, 0.3) is 0 Å². The second kappa shape index (κ2) is 7.96. The first-order chi connectivity index (χ1) is 9.45. The van der Waals surface area contributed by atoms with Crippen LogP contribution < -0.4 is 5.32 Å². The summed E-state index contributed by atoms with van der Waals surface area (Å²) in [6, 6.07) is 0.395. The largest absolute Gasteiger partial charge is 0.468 e. The summed E-state index contributed by atoms with van der Waals surface area (Å²) in [4.78, 5) is 14.4. The Balaban J connectivity index is 2.56. The van der Waals surface area contributed by atoms with Crippen LogP contribution in [-0.4, -0.2) is 62.9 Å². The Hall–Kier alpha value is -0.650. The third-order valence-corrected chi connectivity index (χ3v) is 4.30. The van der Waals surface area contributed by atoms with E-state index in [9.17, 15) is 4.79 Å². The molecule has 0 radical (unpaired) electrons. The zero-order chi connectivity index (χ0) is 15.2. The molecule has 1 saturated carbocycles. The molecule has 1 fully saturated rings. The van der Waals surface area contributed by atoms with Crippen LogP contribution in [0.5, 0.6) is 0 Å². The normalized spacial score (nSPS) is 27.1. The van der Waals surface area contributed by atoms with Crippen molar-refractivity contribution in [1.29, 1.82) is 0 Å². The Morgan fingerprint density at radius 2 is 2.20 bits per heavy atom. The summed E-state index contributed by atoms with van der Waals surface area (Å²) >= 11 is 0. The first-order valence-corrected chi connectivity index (χ1v) is 7.54. The van der Waals surface area contributed by atoms with Crippen LogP contribution >= 0.6 is 0 Å². The molecule has 0 aromatic heterocycles. The molecular formula is C15H30N2O3. The number of carbonyl (C=O) groups is 1. The molecule has 0 amide bonds. The fourth-order valence-electron chi connectivity index (χ4n) is 2.95. The quantitative estimate of drug-likeness (QED) is 0.717. The molecule has 1 aliphatic carbocycles. The van der Waals surface area contributed by atoms with Crippen molar-refractivity contribution >= 4 is 5.97 Å². The highest BCUT2D eigenvalue weighted by Crippen LogP contribution is 2.31. The summed E-state index contributed by atoms with van der Waals surface area (Å²) in [6.07, 6.45) is 4.08. The van der Waals surface area contributed by atoms with Crippen molar-refractivity contribution < 1.29 is 14.3 Å². The molecule has 0 aromatic carbocycles. The Morgan fingerprint density at radius 3 is 2.75 bits per heavy atom. The average Bonchev–Trinajstić information content (AvgIpc) is 2.45. The minimum atomic E-state index is -0.523. The first-order valence-electron chi connectivity index (χ1n) is 7.54. The Bertz CT molecular complexity index is 309. The lowest BCUT2D eigenvalue weighted by Gasteiger charge is -2.41. The van der Waals surface area contributed by atoms with Gasteiger partial charge in [0.2, 0.25) is 0 Å². The Kier molecular flexibility index (Phi) is 6.92. The van der Waals surface area contributed by atoms with Crippen molar-refractivity contribution in [3.63, 3.8) is 0 Å². The molecule has 1 aliphatic rings. The van der Waals surface area contributed by atoms with Gasteiger partial charge in [0.25, 0.3) is 0 Å². The third kappa shape index (κ3) is 4.43. The van der Waals surface area contributed by atoms with E-state index in [1.807, 2.05) is 20.9 Å². The summed E-state index contributed by atoms with van der Waals surface area (Å²) < 4.78 is 10.6. The molecule has 118 valence electrons. The van der Waals surface area contributed by atoms with Crippen molar-refractivity contribution in [3.05, 3.63) is 0 Å². The standard InChI is InChI=1S/C15H30N2O3/c1-12(2)20-10-9-17(4)13-7-6-8-15(11-13,16-3)14(18)19-5/h12-13,16H,6-11H2,1-5H3. The van der Waals surface area contributed by atoms with Crippen molar-refractivity contribution in [2.45, 2.75) is 57.2 Å². The van der Waals surface area contributed by atoms with Gasteiger partial charge in [-0.3, -0.25) is 4.79 Å². The molecule has 0 spiro atoms. The monoisotopic (exact) mass is 286 g/mol. The van der Waals surface area contributed by atoms with Gasteiger partial charge in [-0.2, -0.15) is 0 Å². The SMILES string of the molecule is CNC1(C(=O)OC)CCCC(N(C)CCOC(C)C)C1. The van der Waals surface area contributed by atoms with Gasteiger partial charge in [0, 0.05) is 12.6 Å². The van der Waals surface area contributed by atoms with Gasteiger partial charge < -0.3 is 19.7 Å². The van der Waals surface area contributed by atoms with E-state index in [4.69, 9.17) is 9.47 Å². The lowest BCUT2D eigenvalue weighted by Crippen LogP contribution is -2.57. The zero-order valence-electron chi connectivity index (χ0n) is 13.6. The molecular weight excluding hydrogens is 256 g/mol. The van der Waals surface area contributed by atoms with Crippen molar-refractivity contribution in [3.8, 4) is 0 Å². The van der Waals surface area contributed by atoms with E-state index in [-0.39, 0.29) is 12.1 Å². The summed E-state index contributed by atoms with van der Waals surface area (Å²) in [5.41, 5.74) is -0.523. The molecule has 0 aromatic rings. The summed E-state index contributed by atoms with van der Waals surface area (Å²) in [7, 11) is 5.42. The zero-order valence-corrected chi connectivity index (χ0v) is 13.6. The number of carbonyl (C=O) groups excluding carboxylic acids is 1. The van der Waals surface area contributed by atoms with Crippen LogP contribution in [0.15, 0.2) is 0 Å². The van der Waals surface area contributed by atoms with Gasteiger partial charge in [-0.25, -0.2) is 0 Å². The maximum absolute atomic E-state index is 12.1. The fourth-order valence-corrected chi connectivity index (χ4v) is 2.95. The Morgan fingerprint density at radius 1 is 1.50 bits per heavy atom. The van der Waals surface area contributed by atoms with Crippen molar-refractivity contribution in [2.24, 2.45) is 0 Å². The average molecular weight is 286 g/mol. The Labute approximate surface area is 123 Å². The molecule has 0 aliphatic heterocycles. The third-order valence-electron chi connectivity index (χ3n) is 4.30. The van der Waals surface area contributed by atoms with E-state index in [0.717, 1.165) is 38.8 Å². The summed E-state index contributed by atoms with van der Waals surface area (Å²) in [5.74, 6) is -0.142. The van der Waals surface area contributed by atoms with Crippen LogP contribution in [-0.2, 0) is 14.3 Å². The predicted octanol–water partition coefficient (Wildman–Crippen LogP) is 1.42. The molecule has 2 unspecified atom stereocenters. The minimum absolute atomic E-state index is 0.142. The second-order valence-corrected chi connectivity index (χ2v) is 5.97. The number of nitrogens with one attached hydrogen (secondary N) is 1. The van der Waals surface area contributed by atoms with Crippen LogP contribution in [0.3, 0.4) is 0 Å². The van der Waals surface area contributed by atoms with E-state index in [2.05, 4.69) is 17.3 Å². The number of nitrogens with zero attached hydrogens (tertiary/aromatic N) is 1. The first kappa shape index (κ1) is 17.4. The molecule has 2 atom stereocenters. The summed E-state index contributed by atoms with van der Waals surface area (Å²) in [6.45, 7) is 5.72. The molecule has 0 bridgehead atoms. The number of likely N-dealkylation sites (N-methyl/N-ethyl adjacent to an activating group) is 2. The summed E-state index contributed by atoms with van der Waals surface area (Å²) in [5, 5.41) is 3.19. The molecule has 20 heavy (non-hydrogen) atoms. The number of methoxy groups -OCH3 is 1. The van der Waals surface area contributed by atoms with Gasteiger partial charge in [0.15, 0.2) is 0 Å². The molecule has 5 nitrogen and oxygen atoms in total. The molecule has 0 heterocycles. The van der Waals surface area contributed by atoms with E-state index in [1.54, 1.807) is 0 Å². The maximum Gasteiger partial charge on any atom is 0.326 e. The maximum atomic E-state index is 12.1. The van der Waals surface area contributed by atoms with Crippen LogP contribution in [0, 0.1) is 0 Å². The van der Waals surface area contributed by atoms with Gasteiger partial charge >= 0.3 is 5.97 Å². The van der Waals surface area contributed by atoms with Gasteiger partial charge in [-0.05, 0) is 53.6 Å². The predicted molar refractivity (Wildman–Crippen MR) is 79.8 cm³/mol. The molecule has 1 rings (SSSR count). The van der Waals surface area contributed by atoms with Crippen molar-refractivity contribution in [1.82, 2.24) is 10.2 Å². The van der Waals surface area contributed by atoms with Gasteiger partial charge in [-0.1, -0.05) is 0 Å². The highest BCUT2D eigenvalue weighted by Gasteiger charge is 2.43. The topological polar surface area (TPSA) is 50.8 Å².